The number of nitrogens with zero attached hydrogens (tertiary/aromatic N) is 1. The third-order valence-electron chi connectivity index (χ3n) is 3.46. The molecule has 8 heteroatoms. The second kappa shape index (κ2) is 7.99. The Morgan fingerprint density at radius 2 is 1.96 bits per heavy atom. The maximum Gasteiger partial charge on any atom is 0.270 e. The summed E-state index contributed by atoms with van der Waals surface area (Å²) < 4.78 is 0. The highest BCUT2D eigenvalue weighted by Crippen LogP contribution is 2.31. The molecule has 1 heterocycles. The maximum atomic E-state index is 11.8. The van der Waals surface area contributed by atoms with Crippen LogP contribution in [0.15, 0.2) is 54.6 Å². The van der Waals surface area contributed by atoms with Crippen LogP contribution in [0.1, 0.15) is 10.5 Å². The first kappa shape index (κ1) is 17.9. The van der Waals surface area contributed by atoms with Crippen LogP contribution in [0.3, 0.4) is 0 Å². The van der Waals surface area contributed by atoms with E-state index in [-0.39, 0.29) is 16.6 Å². The van der Waals surface area contributed by atoms with Gasteiger partial charge in [-0.1, -0.05) is 47.7 Å². The first-order valence-electron chi connectivity index (χ1n) is 7.67. The van der Waals surface area contributed by atoms with Crippen molar-refractivity contribution in [3.8, 4) is 0 Å². The van der Waals surface area contributed by atoms with Crippen LogP contribution in [-0.2, 0) is 4.79 Å². The fourth-order valence-electron chi connectivity index (χ4n) is 2.32. The molecule has 0 aliphatic rings. The van der Waals surface area contributed by atoms with E-state index >= 15 is 0 Å². The van der Waals surface area contributed by atoms with Gasteiger partial charge in [0.1, 0.15) is 5.00 Å². The summed E-state index contributed by atoms with van der Waals surface area (Å²) in [5.41, 5.74) is 6.18. The van der Waals surface area contributed by atoms with Crippen LogP contribution < -0.4 is 16.4 Å². The Labute approximate surface area is 158 Å². The number of halogens is 1. The van der Waals surface area contributed by atoms with Gasteiger partial charge in [-0.25, -0.2) is 4.98 Å². The molecule has 0 radical (unpaired) electrons. The molecule has 0 aliphatic carbocycles. The summed E-state index contributed by atoms with van der Waals surface area (Å²) >= 11 is 6.63. The van der Waals surface area contributed by atoms with E-state index in [0.29, 0.717) is 5.13 Å². The molecule has 6 nitrogen and oxygen atoms in total. The van der Waals surface area contributed by atoms with Crippen molar-refractivity contribution in [3.05, 3.63) is 60.3 Å². The molecule has 4 N–H and O–H groups in total. The standard InChI is InChI=1S/C18H15ClN4O2S/c19-9-3-6-14(24)22-17-15(16(20)25)23-18(26-17)21-13-8-7-11-4-1-2-5-12(11)10-13/h1-8,10H,9H2,(H2,20,25)(H,21,23)(H,22,24)/b6-3+. The van der Waals surface area contributed by atoms with Crippen LogP contribution in [0.4, 0.5) is 15.8 Å². The van der Waals surface area contributed by atoms with E-state index < -0.39 is 11.8 Å². The van der Waals surface area contributed by atoms with Gasteiger partial charge < -0.3 is 16.4 Å². The fourth-order valence-corrected chi connectivity index (χ4v) is 3.30. The van der Waals surface area contributed by atoms with Gasteiger partial charge in [-0.3, -0.25) is 9.59 Å². The molecular formula is C18H15ClN4O2S. The predicted molar refractivity (Wildman–Crippen MR) is 106 cm³/mol. The van der Waals surface area contributed by atoms with Gasteiger partial charge in [-0.2, -0.15) is 0 Å². The summed E-state index contributed by atoms with van der Waals surface area (Å²) in [5, 5.41) is 8.66. The molecule has 132 valence electrons. The minimum atomic E-state index is -0.718. The van der Waals surface area contributed by atoms with E-state index in [0.717, 1.165) is 27.8 Å². The van der Waals surface area contributed by atoms with Crippen LogP contribution in [0, 0.1) is 0 Å². The highest BCUT2D eigenvalue weighted by molar-refractivity contribution is 7.20. The SMILES string of the molecule is NC(=O)c1nc(Nc2ccc3ccccc3c2)sc1NC(=O)/C=C/CCl. The molecule has 3 rings (SSSR count). The minimum Gasteiger partial charge on any atom is -0.364 e. The molecule has 0 saturated carbocycles. The normalized spacial score (nSPS) is 11.0. The van der Waals surface area contributed by atoms with Crippen molar-refractivity contribution >= 4 is 61.3 Å². The largest absolute Gasteiger partial charge is 0.364 e. The molecule has 3 aromatic rings. The van der Waals surface area contributed by atoms with Gasteiger partial charge in [-0.15, -0.1) is 11.6 Å². The molecule has 0 spiro atoms. The first-order valence-corrected chi connectivity index (χ1v) is 9.02. The van der Waals surface area contributed by atoms with Gasteiger partial charge in [0.05, 0.1) is 0 Å². The topological polar surface area (TPSA) is 97.1 Å². The van der Waals surface area contributed by atoms with Crippen molar-refractivity contribution in [2.75, 3.05) is 16.5 Å². The molecule has 2 aromatic carbocycles. The number of fused-ring (bicyclic) bond motifs is 1. The third kappa shape index (κ3) is 4.19. The molecule has 0 fully saturated rings. The lowest BCUT2D eigenvalue weighted by Crippen LogP contribution is -2.16. The summed E-state index contributed by atoms with van der Waals surface area (Å²) in [6.07, 6.45) is 2.78. The lowest BCUT2D eigenvalue weighted by atomic mass is 10.1. The van der Waals surface area contributed by atoms with Crippen molar-refractivity contribution < 1.29 is 9.59 Å². The van der Waals surface area contributed by atoms with E-state index in [4.69, 9.17) is 17.3 Å². The van der Waals surface area contributed by atoms with Gasteiger partial charge in [0, 0.05) is 17.6 Å². The Balaban J connectivity index is 1.85. The molecule has 0 aliphatic heterocycles. The summed E-state index contributed by atoms with van der Waals surface area (Å²) in [6.45, 7) is 0. The van der Waals surface area contributed by atoms with E-state index in [1.165, 1.54) is 12.2 Å². The lowest BCUT2D eigenvalue weighted by molar-refractivity contribution is -0.111. The predicted octanol–water partition coefficient (Wildman–Crippen LogP) is 3.87. The smallest absolute Gasteiger partial charge is 0.270 e. The van der Waals surface area contributed by atoms with Gasteiger partial charge in [0.25, 0.3) is 5.91 Å². The van der Waals surface area contributed by atoms with Crippen molar-refractivity contribution in [2.24, 2.45) is 5.73 Å². The van der Waals surface area contributed by atoms with Crippen LogP contribution in [0.25, 0.3) is 10.8 Å². The quantitative estimate of drug-likeness (QED) is 0.442. The van der Waals surface area contributed by atoms with Crippen LogP contribution in [-0.4, -0.2) is 22.7 Å². The van der Waals surface area contributed by atoms with Crippen LogP contribution in [0.2, 0.25) is 0 Å². The van der Waals surface area contributed by atoms with Crippen LogP contribution >= 0.6 is 22.9 Å². The first-order chi connectivity index (χ1) is 12.6. The number of carbonyl (C=O) groups excluding carboxylic acids is 2. The number of carbonyl (C=O) groups is 2. The molecule has 0 unspecified atom stereocenters. The number of thiazole rings is 1. The molecule has 0 bridgehead atoms. The van der Waals surface area contributed by atoms with E-state index in [1.54, 1.807) is 0 Å². The Bertz CT molecular complexity index is 1000. The second-order valence-electron chi connectivity index (χ2n) is 5.29. The average molecular weight is 387 g/mol. The van der Waals surface area contributed by atoms with Crippen molar-refractivity contribution in [3.63, 3.8) is 0 Å². The van der Waals surface area contributed by atoms with Gasteiger partial charge in [-0.05, 0) is 22.9 Å². The number of nitrogens with two attached hydrogens (primary N) is 1. The number of anilines is 3. The zero-order valence-corrected chi connectivity index (χ0v) is 15.1. The van der Waals surface area contributed by atoms with Gasteiger partial charge >= 0.3 is 0 Å². The zero-order valence-electron chi connectivity index (χ0n) is 13.5. The number of hydrogen-bond donors (Lipinski definition) is 3. The van der Waals surface area contributed by atoms with Crippen molar-refractivity contribution in [1.82, 2.24) is 4.98 Å². The number of aromatic nitrogens is 1. The molecular weight excluding hydrogens is 372 g/mol. The molecule has 2 amide bonds. The average Bonchev–Trinajstić information content (AvgIpc) is 3.02. The minimum absolute atomic E-state index is 0.00547. The number of alkyl halides is 1. The number of allylic oxidation sites excluding steroid dienone is 1. The summed E-state index contributed by atoms with van der Waals surface area (Å²) in [5.74, 6) is -0.911. The van der Waals surface area contributed by atoms with E-state index in [1.807, 2.05) is 42.5 Å². The molecule has 0 saturated heterocycles. The number of hydrogen-bond acceptors (Lipinski definition) is 5. The number of benzene rings is 2. The number of primary amides is 1. The van der Waals surface area contributed by atoms with Crippen molar-refractivity contribution in [1.29, 1.82) is 0 Å². The highest BCUT2D eigenvalue weighted by atomic mass is 35.5. The Morgan fingerprint density at radius 1 is 1.19 bits per heavy atom. The number of amides is 2. The summed E-state index contributed by atoms with van der Waals surface area (Å²) in [7, 11) is 0. The molecule has 26 heavy (non-hydrogen) atoms. The Morgan fingerprint density at radius 3 is 2.69 bits per heavy atom. The van der Waals surface area contributed by atoms with Gasteiger partial charge in [0.15, 0.2) is 10.8 Å². The van der Waals surface area contributed by atoms with Crippen LogP contribution in [0.5, 0.6) is 0 Å². The third-order valence-corrected chi connectivity index (χ3v) is 4.52. The lowest BCUT2D eigenvalue weighted by Gasteiger charge is -2.04. The maximum absolute atomic E-state index is 11.8. The van der Waals surface area contributed by atoms with E-state index in [2.05, 4.69) is 15.6 Å². The zero-order chi connectivity index (χ0) is 18.5. The number of rotatable bonds is 6. The summed E-state index contributed by atoms with van der Waals surface area (Å²) in [4.78, 5) is 27.6. The number of nitrogens with one attached hydrogen (secondary N) is 2. The highest BCUT2D eigenvalue weighted by Gasteiger charge is 2.17. The van der Waals surface area contributed by atoms with E-state index in [9.17, 15) is 9.59 Å². The fraction of sp³-hybridized carbons (Fsp3) is 0.0556. The van der Waals surface area contributed by atoms with Gasteiger partial charge in [0.2, 0.25) is 5.91 Å². The molecule has 1 aromatic heterocycles. The Hall–Kier alpha value is -2.90. The summed E-state index contributed by atoms with van der Waals surface area (Å²) in [6, 6.07) is 13.8. The Kier molecular flexibility index (Phi) is 5.50. The second-order valence-corrected chi connectivity index (χ2v) is 6.60. The van der Waals surface area contributed by atoms with Crippen molar-refractivity contribution in [2.45, 2.75) is 0 Å². The molecule has 0 atom stereocenters. The monoisotopic (exact) mass is 386 g/mol.